The van der Waals surface area contributed by atoms with Gasteiger partial charge in [0.2, 0.25) is 5.91 Å². The van der Waals surface area contributed by atoms with Gasteiger partial charge in [0.25, 0.3) is 5.91 Å². The summed E-state index contributed by atoms with van der Waals surface area (Å²) in [5.41, 5.74) is 1.25. The van der Waals surface area contributed by atoms with E-state index in [2.05, 4.69) is 28.2 Å². The summed E-state index contributed by atoms with van der Waals surface area (Å²) in [5, 5.41) is 7.89. The van der Waals surface area contributed by atoms with Gasteiger partial charge in [-0.1, -0.05) is 6.07 Å². The Hall–Kier alpha value is -1.96. The second-order valence-corrected chi connectivity index (χ2v) is 9.96. The summed E-state index contributed by atoms with van der Waals surface area (Å²) in [5.74, 6) is 0.281. The van der Waals surface area contributed by atoms with Crippen molar-refractivity contribution in [1.82, 2.24) is 4.90 Å². The van der Waals surface area contributed by atoms with Crippen LogP contribution in [0.3, 0.4) is 0 Å². The molecule has 2 amide bonds. The highest BCUT2D eigenvalue weighted by molar-refractivity contribution is 7.18. The van der Waals surface area contributed by atoms with Gasteiger partial charge in [-0.15, -0.1) is 34.0 Å². The molecular formula is C20H18N2O2S3. The smallest absolute Gasteiger partial charge is 0.264 e. The van der Waals surface area contributed by atoms with Crippen molar-refractivity contribution in [2.75, 3.05) is 11.9 Å². The molecule has 138 valence electrons. The molecule has 0 bridgehead atoms. The van der Waals surface area contributed by atoms with Crippen LogP contribution in [0.25, 0.3) is 0 Å². The molecule has 5 rings (SSSR count). The van der Waals surface area contributed by atoms with Gasteiger partial charge in [0.05, 0.1) is 15.9 Å². The maximum absolute atomic E-state index is 13.3. The summed E-state index contributed by atoms with van der Waals surface area (Å²) in [6, 6.07) is 9.97. The molecule has 4 heterocycles. The Kier molecular flexibility index (Phi) is 4.38. The molecule has 0 saturated heterocycles. The van der Waals surface area contributed by atoms with E-state index < -0.39 is 0 Å². The quantitative estimate of drug-likeness (QED) is 0.653. The van der Waals surface area contributed by atoms with Crippen LogP contribution < -0.4 is 5.32 Å². The molecule has 1 unspecified atom stereocenters. The third-order valence-corrected chi connectivity index (χ3v) is 7.96. The molecule has 0 radical (unpaired) electrons. The molecule has 1 N–H and O–H groups in total. The summed E-state index contributed by atoms with van der Waals surface area (Å²) in [6.45, 7) is 0.719. The zero-order valence-corrected chi connectivity index (χ0v) is 17.0. The second-order valence-electron chi connectivity index (χ2n) is 6.89. The average Bonchev–Trinajstić information content (AvgIpc) is 3.07. The van der Waals surface area contributed by atoms with Crippen molar-refractivity contribution in [2.45, 2.75) is 25.3 Å². The maximum Gasteiger partial charge on any atom is 0.264 e. The first kappa shape index (κ1) is 17.2. The van der Waals surface area contributed by atoms with Gasteiger partial charge in [-0.2, -0.15) is 0 Å². The van der Waals surface area contributed by atoms with Crippen molar-refractivity contribution in [2.24, 2.45) is 5.92 Å². The lowest BCUT2D eigenvalue weighted by Gasteiger charge is -2.35. The third kappa shape index (κ3) is 3.24. The topological polar surface area (TPSA) is 49.4 Å². The summed E-state index contributed by atoms with van der Waals surface area (Å²) >= 11 is 4.84. The number of nitrogens with one attached hydrogen (secondary N) is 1. The summed E-state index contributed by atoms with van der Waals surface area (Å²) in [4.78, 5) is 30.5. The predicted octanol–water partition coefficient (Wildman–Crippen LogP) is 5.01. The summed E-state index contributed by atoms with van der Waals surface area (Å²) < 4.78 is 0. The number of carbonyl (C=O) groups is 2. The number of hydrogen-bond acceptors (Lipinski definition) is 5. The lowest BCUT2D eigenvalue weighted by molar-refractivity contribution is -0.117. The Morgan fingerprint density at radius 1 is 1.07 bits per heavy atom. The molecule has 1 aliphatic heterocycles. The van der Waals surface area contributed by atoms with E-state index >= 15 is 0 Å². The predicted molar refractivity (Wildman–Crippen MR) is 111 cm³/mol. The zero-order chi connectivity index (χ0) is 18.4. The molecule has 0 aromatic carbocycles. The van der Waals surface area contributed by atoms with Crippen LogP contribution >= 0.6 is 34.0 Å². The molecule has 7 heteroatoms. The Morgan fingerprint density at radius 2 is 1.96 bits per heavy atom. The number of amides is 2. The van der Waals surface area contributed by atoms with E-state index in [0.717, 1.165) is 30.8 Å². The van der Waals surface area contributed by atoms with E-state index in [4.69, 9.17) is 0 Å². The van der Waals surface area contributed by atoms with E-state index in [1.54, 1.807) is 22.7 Å². The van der Waals surface area contributed by atoms with Gasteiger partial charge in [0.15, 0.2) is 0 Å². The first-order valence-corrected chi connectivity index (χ1v) is 11.6. The molecule has 1 fully saturated rings. The van der Waals surface area contributed by atoms with Crippen molar-refractivity contribution in [1.29, 1.82) is 0 Å². The molecule has 0 spiro atoms. The molecule has 2 aliphatic rings. The Bertz CT molecular complexity index is 985. The normalized spacial score (nSPS) is 19.0. The molecule has 27 heavy (non-hydrogen) atoms. The van der Waals surface area contributed by atoms with Crippen molar-refractivity contribution in [3.05, 3.63) is 61.3 Å². The first-order chi connectivity index (χ1) is 13.2. The van der Waals surface area contributed by atoms with E-state index in [1.807, 2.05) is 23.1 Å². The largest absolute Gasteiger partial charge is 0.326 e. The lowest BCUT2D eigenvalue weighted by atomic mass is 9.98. The van der Waals surface area contributed by atoms with Gasteiger partial charge in [0, 0.05) is 22.2 Å². The number of fused-ring (bicyclic) bond motifs is 1. The van der Waals surface area contributed by atoms with Crippen LogP contribution in [0.4, 0.5) is 5.00 Å². The molecule has 3 aromatic heterocycles. The minimum atomic E-state index is -0.0147. The monoisotopic (exact) mass is 414 g/mol. The standard InChI is InChI=1S/C20H18N2O2S3/c23-19(12-3-4-12)21-17-6-5-16(27-17)20(24)22-9-7-14-13(8-11-26-14)18(22)15-2-1-10-25-15/h1-2,5-6,8,10-12,18H,3-4,7,9H2,(H,21,23). The third-order valence-electron chi connectivity index (χ3n) is 5.05. The average molecular weight is 415 g/mol. The zero-order valence-electron chi connectivity index (χ0n) is 14.5. The van der Waals surface area contributed by atoms with E-state index in [1.165, 1.54) is 26.7 Å². The molecule has 1 aliphatic carbocycles. The molecule has 1 atom stereocenters. The summed E-state index contributed by atoms with van der Waals surface area (Å²) in [6.07, 6.45) is 2.85. The highest BCUT2D eigenvalue weighted by Gasteiger charge is 2.35. The van der Waals surface area contributed by atoms with Crippen LogP contribution in [0.1, 0.15) is 43.9 Å². The first-order valence-electron chi connectivity index (χ1n) is 9.02. The van der Waals surface area contributed by atoms with Crippen LogP contribution in [0.2, 0.25) is 0 Å². The van der Waals surface area contributed by atoms with Crippen LogP contribution in [-0.4, -0.2) is 23.3 Å². The molecule has 4 nitrogen and oxygen atoms in total. The van der Waals surface area contributed by atoms with Crippen LogP contribution in [0.15, 0.2) is 41.1 Å². The molecular weight excluding hydrogens is 396 g/mol. The minimum absolute atomic E-state index is 0.0147. The van der Waals surface area contributed by atoms with E-state index in [-0.39, 0.29) is 23.8 Å². The SMILES string of the molecule is O=C(Nc1ccc(C(=O)N2CCc3sccc3C2c2cccs2)s1)C1CC1. The Morgan fingerprint density at radius 3 is 2.74 bits per heavy atom. The van der Waals surface area contributed by atoms with E-state index in [9.17, 15) is 9.59 Å². The lowest BCUT2D eigenvalue weighted by Crippen LogP contribution is -2.39. The Balaban J connectivity index is 1.42. The van der Waals surface area contributed by atoms with Crippen LogP contribution in [0, 0.1) is 5.92 Å². The van der Waals surface area contributed by atoms with Crippen molar-refractivity contribution < 1.29 is 9.59 Å². The fourth-order valence-corrected chi connectivity index (χ4v) is 6.14. The minimum Gasteiger partial charge on any atom is -0.326 e. The van der Waals surface area contributed by atoms with Crippen LogP contribution in [0.5, 0.6) is 0 Å². The fraction of sp³-hybridized carbons (Fsp3) is 0.300. The van der Waals surface area contributed by atoms with Gasteiger partial charge >= 0.3 is 0 Å². The van der Waals surface area contributed by atoms with Gasteiger partial charge in [0.1, 0.15) is 0 Å². The van der Waals surface area contributed by atoms with Crippen molar-refractivity contribution in [3.8, 4) is 0 Å². The number of carbonyl (C=O) groups excluding carboxylic acids is 2. The Labute approximate surface area is 169 Å². The van der Waals surface area contributed by atoms with E-state index in [0.29, 0.717) is 4.88 Å². The van der Waals surface area contributed by atoms with Gasteiger partial charge in [-0.3, -0.25) is 9.59 Å². The van der Waals surface area contributed by atoms with Crippen LogP contribution in [-0.2, 0) is 11.2 Å². The molecule has 1 saturated carbocycles. The fourth-order valence-electron chi connectivity index (χ4n) is 3.52. The number of thiophene rings is 3. The maximum atomic E-state index is 13.3. The molecule has 3 aromatic rings. The van der Waals surface area contributed by atoms with Gasteiger partial charge < -0.3 is 10.2 Å². The highest BCUT2D eigenvalue weighted by atomic mass is 32.1. The van der Waals surface area contributed by atoms with Crippen molar-refractivity contribution in [3.63, 3.8) is 0 Å². The number of anilines is 1. The highest BCUT2D eigenvalue weighted by Crippen LogP contribution is 2.41. The summed E-state index contributed by atoms with van der Waals surface area (Å²) in [7, 11) is 0. The second kappa shape index (κ2) is 6.89. The number of hydrogen-bond donors (Lipinski definition) is 1. The van der Waals surface area contributed by atoms with Gasteiger partial charge in [-0.05, 0) is 59.9 Å². The van der Waals surface area contributed by atoms with Crippen molar-refractivity contribution >= 4 is 50.8 Å². The number of nitrogens with zero attached hydrogens (tertiary/aromatic N) is 1. The van der Waals surface area contributed by atoms with Gasteiger partial charge in [-0.25, -0.2) is 0 Å². The number of rotatable bonds is 4.